The number of carbonyl (C=O) groups is 1. The number of anilines is 1. The summed E-state index contributed by atoms with van der Waals surface area (Å²) in [5.41, 5.74) is 7.19. The number of aromatic nitrogens is 1. The van der Waals surface area contributed by atoms with Gasteiger partial charge < -0.3 is 10.5 Å². The molecule has 0 saturated heterocycles. The summed E-state index contributed by atoms with van der Waals surface area (Å²) in [6, 6.07) is 7.27. The highest BCUT2D eigenvalue weighted by Crippen LogP contribution is 2.19. The van der Waals surface area contributed by atoms with Gasteiger partial charge in [-0.25, -0.2) is 4.98 Å². The van der Waals surface area contributed by atoms with Crippen LogP contribution in [-0.4, -0.2) is 11.0 Å². The first-order valence-electron chi connectivity index (χ1n) is 5.57. The lowest BCUT2D eigenvalue weighted by molar-refractivity contribution is -0.146. The zero-order chi connectivity index (χ0) is 13.0. The van der Waals surface area contributed by atoms with Gasteiger partial charge >= 0.3 is 5.97 Å². The van der Waals surface area contributed by atoms with Gasteiger partial charge in [0.2, 0.25) is 0 Å². The van der Waals surface area contributed by atoms with Crippen LogP contribution < -0.4 is 5.73 Å². The lowest BCUT2D eigenvalue weighted by Gasteiger charge is -2.11. The Morgan fingerprint density at radius 3 is 3.06 bits per heavy atom. The van der Waals surface area contributed by atoms with E-state index in [4.69, 9.17) is 10.5 Å². The monoisotopic (exact) mass is 262 g/mol. The minimum Gasteiger partial charge on any atom is -0.458 e. The molecule has 1 aromatic heterocycles. The summed E-state index contributed by atoms with van der Waals surface area (Å²) in [7, 11) is 0. The van der Waals surface area contributed by atoms with Crippen molar-refractivity contribution in [2.24, 2.45) is 0 Å². The van der Waals surface area contributed by atoms with Gasteiger partial charge in [0, 0.05) is 17.3 Å². The van der Waals surface area contributed by atoms with Crippen molar-refractivity contribution < 1.29 is 9.53 Å². The minimum absolute atomic E-state index is 0.225. The van der Waals surface area contributed by atoms with Gasteiger partial charge in [-0.05, 0) is 24.6 Å². The second-order valence-electron chi connectivity index (χ2n) is 3.93. The molecule has 94 valence electrons. The quantitative estimate of drug-likeness (QED) is 0.679. The Bertz CT molecular complexity index is 526. The molecule has 0 aliphatic rings. The van der Waals surface area contributed by atoms with E-state index in [2.05, 4.69) is 4.98 Å². The van der Waals surface area contributed by atoms with Crippen LogP contribution in [0.2, 0.25) is 0 Å². The van der Waals surface area contributed by atoms with Crippen molar-refractivity contribution in [2.75, 3.05) is 5.73 Å². The second kappa shape index (κ2) is 5.64. The number of nitrogens with zero attached hydrogens (tertiary/aromatic N) is 1. The number of benzene rings is 1. The number of esters is 1. The number of hydrogen-bond acceptors (Lipinski definition) is 5. The summed E-state index contributed by atoms with van der Waals surface area (Å²) in [6.45, 7) is 2.03. The summed E-state index contributed by atoms with van der Waals surface area (Å²) < 4.78 is 5.21. The molecule has 0 aliphatic heterocycles. The normalized spacial score (nSPS) is 12.1. The summed E-state index contributed by atoms with van der Waals surface area (Å²) in [6.07, 6.45) is 1.69. The number of hydrogen-bond donors (Lipinski definition) is 1. The lowest BCUT2D eigenvalue weighted by Crippen LogP contribution is -2.13. The molecule has 4 nitrogen and oxygen atoms in total. The molecule has 0 spiro atoms. The van der Waals surface area contributed by atoms with Crippen LogP contribution in [0.3, 0.4) is 0 Å². The molecule has 0 fully saturated rings. The van der Waals surface area contributed by atoms with Gasteiger partial charge in [-0.3, -0.25) is 4.79 Å². The average Bonchev–Trinajstić information content (AvgIpc) is 2.88. The van der Waals surface area contributed by atoms with Crippen LogP contribution in [0, 0.1) is 0 Å². The predicted octanol–water partition coefficient (Wildman–Crippen LogP) is 2.57. The third-order valence-corrected chi connectivity index (χ3v) is 3.34. The van der Waals surface area contributed by atoms with Gasteiger partial charge in [-0.1, -0.05) is 12.1 Å². The van der Waals surface area contributed by atoms with E-state index in [1.807, 2.05) is 17.5 Å². The molecule has 1 aromatic carbocycles. The van der Waals surface area contributed by atoms with E-state index in [1.54, 1.807) is 25.3 Å². The van der Waals surface area contributed by atoms with E-state index in [0.717, 1.165) is 10.6 Å². The van der Waals surface area contributed by atoms with Gasteiger partial charge in [0.1, 0.15) is 11.6 Å². The van der Waals surface area contributed by atoms with Crippen molar-refractivity contribution in [3.8, 4) is 0 Å². The Balaban J connectivity index is 1.96. The van der Waals surface area contributed by atoms with E-state index in [-0.39, 0.29) is 18.5 Å². The highest BCUT2D eigenvalue weighted by molar-refractivity contribution is 7.09. The number of rotatable bonds is 4. The molecule has 0 aliphatic carbocycles. The van der Waals surface area contributed by atoms with Crippen LogP contribution in [0.15, 0.2) is 35.8 Å². The summed E-state index contributed by atoms with van der Waals surface area (Å²) >= 11 is 1.47. The molecule has 1 heterocycles. The summed E-state index contributed by atoms with van der Waals surface area (Å²) in [4.78, 5) is 15.9. The molecule has 1 atom stereocenters. The number of carbonyl (C=O) groups excluding carboxylic acids is 1. The molecule has 1 unspecified atom stereocenters. The lowest BCUT2D eigenvalue weighted by atomic mass is 10.0. The van der Waals surface area contributed by atoms with Crippen LogP contribution in [0.25, 0.3) is 0 Å². The first kappa shape index (κ1) is 12.6. The minimum atomic E-state index is -0.325. The van der Waals surface area contributed by atoms with E-state index >= 15 is 0 Å². The Labute approximate surface area is 109 Å². The molecule has 2 N–H and O–H groups in total. The highest BCUT2D eigenvalue weighted by atomic mass is 32.1. The maximum Gasteiger partial charge on any atom is 0.313 e. The number of thiazole rings is 1. The van der Waals surface area contributed by atoms with Gasteiger partial charge in [0.05, 0.1) is 5.92 Å². The molecule has 0 bridgehead atoms. The third-order valence-electron chi connectivity index (χ3n) is 2.59. The van der Waals surface area contributed by atoms with Crippen LogP contribution in [0.4, 0.5) is 5.69 Å². The largest absolute Gasteiger partial charge is 0.458 e. The van der Waals surface area contributed by atoms with Crippen LogP contribution in [0.1, 0.15) is 23.4 Å². The molecule has 18 heavy (non-hydrogen) atoms. The zero-order valence-electron chi connectivity index (χ0n) is 10.00. The van der Waals surface area contributed by atoms with Gasteiger partial charge in [-0.15, -0.1) is 11.3 Å². The molecular weight excluding hydrogens is 248 g/mol. The van der Waals surface area contributed by atoms with Crippen LogP contribution in [-0.2, 0) is 16.1 Å². The first-order chi connectivity index (χ1) is 8.66. The predicted molar refractivity (Wildman–Crippen MR) is 71.2 cm³/mol. The molecule has 0 radical (unpaired) electrons. The van der Waals surface area contributed by atoms with Crippen LogP contribution >= 0.6 is 11.3 Å². The van der Waals surface area contributed by atoms with Crippen molar-refractivity contribution in [3.63, 3.8) is 0 Å². The van der Waals surface area contributed by atoms with E-state index in [0.29, 0.717) is 5.69 Å². The van der Waals surface area contributed by atoms with Gasteiger partial charge in [0.15, 0.2) is 0 Å². The highest BCUT2D eigenvalue weighted by Gasteiger charge is 2.17. The maximum absolute atomic E-state index is 11.9. The standard InChI is InChI=1S/C13H14N2O2S/c1-9(10-3-2-4-11(14)7-10)13(16)17-8-12-15-5-6-18-12/h2-7,9H,8,14H2,1H3. The van der Waals surface area contributed by atoms with Crippen molar-refractivity contribution in [3.05, 3.63) is 46.4 Å². The number of nitrogens with two attached hydrogens (primary N) is 1. The van der Waals surface area contributed by atoms with E-state index in [1.165, 1.54) is 11.3 Å². The Morgan fingerprint density at radius 2 is 2.39 bits per heavy atom. The fourth-order valence-electron chi connectivity index (χ4n) is 1.55. The third kappa shape index (κ3) is 3.07. The fourth-order valence-corrected chi connectivity index (χ4v) is 2.07. The Morgan fingerprint density at radius 1 is 1.56 bits per heavy atom. The smallest absolute Gasteiger partial charge is 0.313 e. The van der Waals surface area contributed by atoms with Crippen molar-refractivity contribution in [1.29, 1.82) is 0 Å². The van der Waals surface area contributed by atoms with Gasteiger partial charge in [0.25, 0.3) is 0 Å². The molecular formula is C13H14N2O2S. The Hall–Kier alpha value is -1.88. The van der Waals surface area contributed by atoms with Crippen molar-refractivity contribution in [2.45, 2.75) is 19.4 Å². The number of ether oxygens (including phenoxy) is 1. The fraction of sp³-hybridized carbons (Fsp3) is 0.231. The van der Waals surface area contributed by atoms with Crippen molar-refractivity contribution >= 4 is 23.0 Å². The zero-order valence-corrected chi connectivity index (χ0v) is 10.8. The van der Waals surface area contributed by atoms with Crippen LogP contribution in [0.5, 0.6) is 0 Å². The van der Waals surface area contributed by atoms with E-state index < -0.39 is 0 Å². The second-order valence-corrected chi connectivity index (χ2v) is 4.90. The summed E-state index contributed by atoms with van der Waals surface area (Å²) in [5, 5.41) is 2.65. The first-order valence-corrected chi connectivity index (χ1v) is 6.45. The summed E-state index contributed by atoms with van der Waals surface area (Å²) in [5.74, 6) is -0.593. The van der Waals surface area contributed by atoms with E-state index in [9.17, 15) is 4.79 Å². The molecule has 0 amide bonds. The maximum atomic E-state index is 11.9. The molecule has 0 saturated carbocycles. The molecule has 5 heteroatoms. The van der Waals surface area contributed by atoms with Crippen molar-refractivity contribution in [1.82, 2.24) is 4.98 Å². The molecule has 2 aromatic rings. The number of nitrogen functional groups attached to an aromatic ring is 1. The van der Waals surface area contributed by atoms with Gasteiger partial charge in [-0.2, -0.15) is 0 Å². The SMILES string of the molecule is CC(C(=O)OCc1nccs1)c1cccc(N)c1. The molecule has 2 rings (SSSR count). The average molecular weight is 262 g/mol. The topological polar surface area (TPSA) is 65.2 Å². The Kier molecular flexibility index (Phi) is 3.94.